The summed E-state index contributed by atoms with van der Waals surface area (Å²) in [5.74, 6) is -2.14. The van der Waals surface area contributed by atoms with Crippen LogP contribution in [0, 0.1) is 0 Å². The maximum Gasteiger partial charge on any atom is 0.328 e. The minimum Gasteiger partial charge on any atom is -0.478 e. The number of aliphatic carboxylic acids is 2. The molecular formula is C25H26ClN3O5. The molecule has 9 heteroatoms. The zero-order valence-corrected chi connectivity index (χ0v) is 19.4. The molecule has 1 aromatic heterocycles. The van der Waals surface area contributed by atoms with Crippen molar-refractivity contribution in [3.63, 3.8) is 0 Å². The molecule has 1 aliphatic heterocycles. The standard InChI is InChI=1S/C21H22ClN3O.C4H4O4/c1-25-10-8-14(9-11-25)18-13-23-20-7-6-15(12-17(18)20)24-21(26)16-4-2-3-5-19(16)22;5-3(6)1-2-4(7)8/h2-7,12-14,23H,8-11H2,1H3,(H,24,26);1-2H,(H,5,6)(H,7,8)/b;2-1+. The molecule has 2 heterocycles. The third kappa shape index (κ3) is 6.69. The smallest absolute Gasteiger partial charge is 0.328 e. The molecule has 0 radical (unpaired) electrons. The van der Waals surface area contributed by atoms with Gasteiger partial charge in [0.1, 0.15) is 0 Å². The lowest BCUT2D eigenvalue weighted by molar-refractivity contribution is -0.134. The first-order chi connectivity index (χ1) is 16.2. The molecule has 34 heavy (non-hydrogen) atoms. The first-order valence-electron chi connectivity index (χ1n) is 10.7. The summed E-state index contributed by atoms with van der Waals surface area (Å²) in [5.41, 5.74) is 3.73. The summed E-state index contributed by atoms with van der Waals surface area (Å²) in [4.78, 5) is 37.4. The van der Waals surface area contributed by atoms with Crippen LogP contribution in [0.15, 0.2) is 60.8 Å². The Morgan fingerprint density at radius 1 is 1.06 bits per heavy atom. The average Bonchev–Trinajstić information content (AvgIpc) is 3.22. The van der Waals surface area contributed by atoms with Gasteiger partial charge >= 0.3 is 11.9 Å². The second kappa shape index (κ2) is 11.5. The van der Waals surface area contributed by atoms with Crippen LogP contribution in [0.3, 0.4) is 0 Å². The highest BCUT2D eigenvalue weighted by Crippen LogP contribution is 2.34. The molecule has 0 spiro atoms. The van der Waals surface area contributed by atoms with E-state index in [4.69, 9.17) is 21.8 Å². The van der Waals surface area contributed by atoms with Crippen molar-refractivity contribution in [1.29, 1.82) is 0 Å². The van der Waals surface area contributed by atoms with Crippen LogP contribution in [0.25, 0.3) is 10.9 Å². The number of halogens is 1. The highest BCUT2D eigenvalue weighted by Gasteiger charge is 2.21. The number of carbonyl (C=O) groups excluding carboxylic acids is 1. The fourth-order valence-corrected chi connectivity index (χ4v) is 4.09. The largest absolute Gasteiger partial charge is 0.478 e. The van der Waals surface area contributed by atoms with Gasteiger partial charge in [0.05, 0.1) is 10.6 Å². The number of carboxylic acids is 2. The lowest BCUT2D eigenvalue weighted by atomic mass is 9.89. The van der Waals surface area contributed by atoms with Crippen molar-refractivity contribution in [2.24, 2.45) is 0 Å². The molecule has 4 rings (SSSR count). The van der Waals surface area contributed by atoms with Crippen molar-refractivity contribution in [3.05, 3.63) is 77.0 Å². The molecule has 1 amide bonds. The van der Waals surface area contributed by atoms with Crippen LogP contribution in [0.2, 0.25) is 5.02 Å². The zero-order chi connectivity index (χ0) is 24.7. The molecule has 0 unspecified atom stereocenters. The van der Waals surface area contributed by atoms with Crippen molar-refractivity contribution >= 4 is 46.0 Å². The zero-order valence-electron chi connectivity index (χ0n) is 18.6. The third-order valence-corrected chi connectivity index (χ3v) is 5.95. The first-order valence-corrected chi connectivity index (χ1v) is 11.1. The van der Waals surface area contributed by atoms with Gasteiger partial charge in [-0.05, 0) is 74.8 Å². The monoisotopic (exact) mass is 483 g/mol. The van der Waals surface area contributed by atoms with Crippen LogP contribution in [-0.4, -0.2) is 58.1 Å². The van der Waals surface area contributed by atoms with Crippen LogP contribution in [0.5, 0.6) is 0 Å². The van der Waals surface area contributed by atoms with E-state index in [2.05, 4.69) is 34.5 Å². The van der Waals surface area contributed by atoms with E-state index in [1.807, 2.05) is 24.3 Å². The van der Waals surface area contributed by atoms with Crippen LogP contribution >= 0.6 is 11.6 Å². The predicted octanol–water partition coefficient (Wildman–Crippen LogP) is 4.59. The van der Waals surface area contributed by atoms with Crippen LogP contribution in [0.1, 0.15) is 34.7 Å². The number of likely N-dealkylation sites (tertiary alicyclic amines) is 1. The van der Waals surface area contributed by atoms with Gasteiger partial charge in [0.25, 0.3) is 5.91 Å². The number of carboxylic acid groups (broad SMARTS) is 2. The topological polar surface area (TPSA) is 123 Å². The van der Waals surface area contributed by atoms with Crippen molar-refractivity contribution < 1.29 is 24.6 Å². The van der Waals surface area contributed by atoms with Crippen LogP contribution in [-0.2, 0) is 9.59 Å². The Labute approximate surface area is 201 Å². The van der Waals surface area contributed by atoms with E-state index < -0.39 is 11.9 Å². The summed E-state index contributed by atoms with van der Waals surface area (Å²) < 4.78 is 0. The number of carbonyl (C=O) groups is 3. The quantitative estimate of drug-likeness (QED) is 0.393. The van der Waals surface area contributed by atoms with Crippen LogP contribution < -0.4 is 5.32 Å². The Bertz CT molecular complexity index is 1200. The average molecular weight is 484 g/mol. The molecule has 8 nitrogen and oxygen atoms in total. The number of H-pyrrole nitrogens is 1. The summed E-state index contributed by atoms with van der Waals surface area (Å²) in [7, 11) is 2.17. The number of fused-ring (bicyclic) bond motifs is 1. The van der Waals surface area contributed by atoms with E-state index in [1.54, 1.807) is 12.1 Å². The van der Waals surface area contributed by atoms with Gasteiger partial charge in [0.15, 0.2) is 0 Å². The van der Waals surface area contributed by atoms with Gasteiger partial charge < -0.3 is 25.4 Å². The molecule has 178 valence electrons. The minimum atomic E-state index is -1.26. The molecule has 3 aromatic rings. The molecule has 0 saturated carbocycles. The highest BCUT2D eigenvalue weighted by atomic mass is 35.5. The van der Waals surface area contributed by atoms with Gasteiger partial charge in [0, 0.05) is 34.9 Å². The third-order valence-electron chi connectivity index (χ3n) is 5.62. The summed E-state index contributed by atoms with van der Waals surface area (Å²) in [6.07, 6.45) is 5.57. The van der Waals surface area contributed by atoms with E-state index in [0.29, 0.717) is 28.7 Å². The lowest BCUT2D eigenvalue weighted by Gasteiger charge is -2.28. The second-order valence-electron chi connectivity index (χ2n) is 8.03. The normalized spacial score (nSPS) is 14.5. The molecule has 0 atom stereocenters. The Morgan fingerprint density at radius 3 is 2.32 bits per heavy atom. The maximum absolute atomic E-state index is 12.5. The van der Waals surface area contributed by atoms with Gasteiger partial charge in [-0.1, -0.05) is 23.7 Å². The van der Waals surface area contributed by atoms with E-state index in [-0.39, 0.29) is 5.91 Å². The number of hydrogen-bond acceptors (Lipinski definition) is 4. The molecule has 0 bridgehead atoms. The number of hydrogen-bond donors (Lipinski definition) is 4. The molecule has 1 fully saturated rings. The highest BCUT2D eigenvalue weighted by molar-refractivity contribution is 6.34. The molecule has 2 aromatic carbocycles. The molecule has 1 aliphatic rings. The Balaban J connectivity index is 0.000000350. The summed E-state index contributed by atoms with van der Waals surface area (Å²) in [6.45, 7) is 2.25. The lowest BCUT2D eigenvalue weighted by Crippen LogP contribution is -2.29. The number of anilines is 1. The van der Waals surface area contributed by atoms with E-state index >= 15 is 0 Å². The number of aromatic nitrogens is 1. The Hall–Kier alpha value is -3.62. The van der Waals surface area contributed by atoms with Gasteiger partial charge in [-0.3, -0.25) is 4.79 Å². The summed E-state index contributed by atoms with van der Waals surface area (Å²) in [6, 6.07) is 13.1. The summed E-state index contributed by atoms with van der Waals surface area (Å²) >= 11 is 6.13. The molecular weight excluding hydrogens is 458 g/mol. The number of aromatic amines is 1. The summed E-state index contributed by atoms with van der Waals surface area (Å²) in [5, 5.41) is 20.2. The number of piperidine rings is 1. The van der Waals surface area contributed by atoms with E-state index in [1.165, 1.54) is 23.8 Å². The van der Waals surface area contributed by atoms with Crippen molar-refractivity contribution in [2.75, 3.05) is 25.5 Å². The van der Waals surface area contributed by atoms with E-state index in [9.17, 15) is 14.4 Å². The van der Waals surface area contributed by atoms with Gasteiger partial charge in [-0.25, -0.2) is 9.59 Å². The fraction of sp³-hybridized carbons (Fsp3) is 0.240. The van der Waals surface area contributed by atoms with E-state index in [0.717, 1.165) is 24.3 Å². The molecule has 0 aliphatic carbocycles. The number of nitrogens with one attached hydrogen (secondary N) is 2. The van der Waals surface area contributed by atoms with Gasteiger partial charge in [-0.15, -0.1) is 0 Å². The SMILES string of the molecule is CN1CCC(c2c[nH]c3ccc(NC(=O)c4ccccc4Cl)cc23)CC1.O=C(O)/C=C/C(=O)O. The maximum atomic E-state index is 12.5. The fourth-order valence-electron chi connectivity index (χ4n) is 3.86. The predicted molar refractivity (Wildman–Crippen MR) is 132 cm³/mol. The van der Waals surface area contributed by atoms with Crippen molar-refractivity contribution in [3.8, 4) is 0 Å². The first kappa shape index (κ1) is 25.0. The minimum absolute atomic E-state index is 0.189. The number of benzene rings is 2. The Kier molecular flexibility index (Phi) is 8.45. The number of rotatable bonds is 5. The van der Waals surface area contributed by atoms with Gasteiger partial charge in [0.2, 0.25) is 0 Å². The molecule has 4 N–H and O–H groups in total. The second-order valence-corrected chi connectivity index (χ2v) is 8.43. The Morgan fingerprint density at radius 2 is 1.71 bits per heavy atom. The van der Waals surface area contributed by atoms with Crippen LogP contribution in [0.4, 0.5) is 5.69 Å². The number of nitrogens with zero attached hydrogens (tertiary/aromatic N) is 1. The molecule has 1 saturated heterocycles. The van der Waals surface area contributed by atoms with Crippen molar-refractivity contribution in [1.82, 2.24) is 9.88 Å². The van der Waals surface area contributed by atoms with Gasteiger partial charge in [-0.2, -0.15) is 0 Å². The van der Waals surface area contributed by atoms with Crippen molar-refractivity contribution in [2.45, 2.75) is 18.8 Å². The number of amides is 1.